The molecule has 15 heteroatoms. The summed E-state index contributed by atoms with van der Waals surface area (Å²) in [6.07, 6.45) is -3.02. The zero-order chi connectivity index (χ0) is 43.0. The number of esters is 1. The van der Waals surface area contributed by atoms with Gasteiger partial charge in [0.25, 0.3) is 0 Å². The third kappa shape index (κ3) is 13.6. The predicted octanol–water partition coefficient (Wildman–Crippen LogP) is 3.23. The van der Waals surface area contributed by atoms with Gasteiger partial charge < -0.3 is 42.2 Å². The van der Waals surface area contributed by atoms with Gasteiger partial charge >= 0.3 is 12.1 Å². The summed E-state index contributed by atoms with van der Waals surface area (Å²) in [5, 5.41) is 10.4. The number of nitrogens with one attached hydrogen (secondary N) is 4. The molecule has 3 atom stereocenters. The lowest BCUT2D eigenvalue weighted by Gasteiger charge is -2.37. The fraction of sp³-hybridized carbons (Fsp3) is 0.295. The van der Waals surface area contributed by atoms with Crippen LogP contribution >= 0.6 is 0 Å². The highest BCUT2D eigenvalue weighted by atomic mass is 16.6. The molecular formula is C44H50N6O9. The standard InChI is InChI=1S/C44H50N6O9/c1-43(2,3)59-38(53)25-24-33(49-42(57)58-28-29-16-8-4-9-17-29)40(55)48-35(41(56)47-34(39(46)54)26-36(45)51)27-37(52)50-44(30-18-10-5-11-19-30,31-20-12-6-13-21-31)32-22-14-7-15-23-32/h4-23,33-35H,24-28H2,1-3H3,(H2,45,51)(H2,46,54)(H,47,56)(H,48,55)(H,49,57)(H,50,52)/t33-,34-,35-/m0/s1. The molecule has 0 bridgehead atoms. The van der Waals surface area contributed by atoms with Crippen LogP contribution in [0.2, 0.25) is 0 Å². The number of hydrogen-bond donors (Lipinski definition) is 6. The van der Waals surface area contributed by atoms with Gasteiger partial charge in [-0.15, -0.1) is 0 Å². The molecule has 4 aromatic rings. The number of nitrogens with two attached hydrogens (primary N) is 2. The fourth-order valence-corrected chi connectivity index (χ4v) is 6.23. The van der Waals surface area contributed by atoms with Crippen LogP contribution in [0.25, 0.3) is 0 Å². The van der Waals surface area contributed by atoms with E-state index in [1.807, 2.05) is 91.0 Å². The SMILES string of the molecule is CC(C)(C)OC(=O)CC[C@H](NC(=O)OCc1ccccc1)C(=O)N[C@@H](CC(=O)NC(c1ccccc1)(c1ccccc1)c1ccccc1)C(=O)N[C@@H](CC(N)=O)C(N)=O. The van der Waals surface area contributed by atoms with Gasteiger partial charge in [0, 0.05) is 6.42 Å². The van der Waals surface area contributed by atoms with Gasteiger partial charge in [0.15, 0.2) is 0 Å². The summed E-state index contributed by atoms with van der Waals surface area (Å²) in [6.45, 7) is 4.87. The molecule has 0 unspecified atom stereocenters. The van der Waals surface area contributed by atoms with Crippen molar-refractivity contribution in [1.82, 2.24) is 21.3 Å². The lowest BCUT2D eigenvalue weighted by molar-refractivity contribution is -0.155. The van der Waals surface area contributed by atoms with E-state index in [0.717, 1.165) is 0 Å². The number of amides is 6. The van der Waals surface area contributed by atoms with Crippen LogP contribution in [0, 0.1) is 0 Å². The number of primary amides is 2. The van der Waals surface area contributed by atoms with Gasteiger partial charge in [0.05, 0.1) is 12.8 Å². The Morgan fingerprint density at radius 3 is 1.51 bits per heavy atom. The Hall–Kier alpha value is -7.03. The van der Waals surface area contributed by atoms with E-state index in [2.05, 4.69) is 21.3 Å². The van der Waals surface area contributed by atoms with Gasteiger partial charge in [-0.25, -0.2) is 4.79 Å². The maximum Gasteiger partial charge on any atom is 0.408 e. The van der Waals surface area contributed by atoms with Crippen molar-refractivity contribution in [3.05, 3.63) is 144 Å². The Labute approximate surface area is 342 Å². The molecule has 0 heterocycles. The van der Waals surface area contributed by atoms with Crippen molar-refractivity contribution in [2.24, 2.45) is 11.5 Å². The first-order valence-electron chi connectivity index (χ1n) is 18.9. The largest absolute Gasteiger partial charge is 0.460 e. The van der Waals surface area contributed by atoms with Crippen LogP contribution in [0.1, 0.15) is 68.7 Å². The van der Waals surface area contributed by atoms with E-state index >= 15 is 0 Å². The zero-order valence-corrected chi connectivity index (χ0v) is 33.1. The molecule has 310 valence electrons. The molecule has 15 nitrogen and oxygen atoms in total. The number of carbonyl (C=O) groups excluding carboxylic acids is 7. The second kappa shape index (κ2) is 20.9. The van der Waals surface area contributed by atoms with Crippen molar-refractivity contribution >= 4 is 41.6 Å². The molecule has 0 aliphatic heterocycles. The summed E-state index contributed by atoms with van der Waals surface area (Å²) < 4.78 is 10.7. The summed E-state index contributed by atoms with van der Waals surface area (Å²) in [5.41, 5.74) is 11.3. The molecule has 6 amide bonds. The lowest BCUT2D eigenvalue weighted by Crippen LogP contribution is -2.58. The van der Waals surface area contributed by atoms with Crippen LogP contribution in [-0.2, 0) is 50.4 Å². The molecule has 0 radical (unpaired) electrons. The maximum absolute atomic E-state index is 14.4. The monoisotopic (exact) mass is 806 g/mol. The fourth-order valence-electron chi connectivity index (χ4n) is 6.23. The van der Waals surface area contributed by atoms with Gasteiger partial charge in [0.1, 0.15) is 35.9 Å². The van der Waals surface area contributed by atoms with Gasteiger partial charge in [-0.1, -0.05) is 121 Å². The van der Waals surface area contributed by atoms with Crippen LogP contribution in [0.3, 0.4) is 0 Å². The molecule has 0 aliphatic carbocycles. The van der Waals surface area contributed by atoms with E-state index in [0.29, 0.717) is 22.3 Å². The van der Waals surface area contributed by atoms with Crippen LogP contribution in [-0.4, -0.2) is 65.3 Å². The van der Waals surface area contributed by atoms with E-state index in [1.165, 1.54) is 0 Å². The summed E-state index contributed by atoms with van der Waals surface area (Å²) >= 11 is 0. The van der Waals surface area contributed by atoms with E-state index in [1.54, 1.807) is 51.1 Å². The molecule has 0 aliphatic rings. The topological polar surface area (TPSA) is 238 Å². The Balaban J connectivity index is 1.69. The van der Waals surface area contributed by atoms with Gasteiger partial charge in [0.2, 0.25) is 29.5 Å². The van der Waals surface area contributed by atoms with Crippen molar-refractivity contribution in [2.45, 2.75) is 82.3 Å². The number of alkyl carbamates (subject to hydrolysis) is 1. The Morgan fingerprint density at radius 1 is 0.593 bits per heavy atom. The third-order valence-corrected chi connectivity index (χ3v) is 8.91. The zero-order valence-electron chi connectivity index (χ0n) is 33.1. The summed E-state index contributed by atoms with van der Waals surface area (Å²) in [5.74, 6) is -5.50. The summed E-state index contributed by atoms with van der Waals surface area (Å²) in [7, 11) is 0. The predicted molar refractivity (Wildman–Crippen MR) is 217 cm³/mol. The van der Waals surface area contributed by atoms with Crippen molar-refractivity contribution in [3.63, 3.8) is 0 Å². The van der Waals surface area contributed by atoms with E-state index < -0.39 is 83.7 Å². The van der Waals surface area contributed by atoms with Crippen molar-refractivity contribution in [1.29, 1.82) is 0 Å². The second-order valence-electron chi connectivity index (χ2n) is 14.7. The second-order valence-corrected chi connectivity index (χ2v) is 14.7. The first-order chi connectivity index (χ1) is 28.1. The highest BCUT2D eigenvalue weighted by Gasteiger charge is 2.39. The molecular weight excluding hydrogens is 757 g/mol. The number of rotatable bonds is 19. The number of hydrogen-bond acceptors (Lipinski definition) is 9. The van der Waals surface area contributed by atoms with Crippen LogP contribution in [0.15, 0.2) is 121 Å². The molecule has 0 aromatic heterocycles. The normalized spacial score (nSPS) is 12.7. The quantitative estimate of drug-likeness (QED) is 0.0602. The molecule has 4 aromatic carbocycles. The van der Waals surface area contributed by atoms with Crippen LogP contribution < -0.4 is 32.7 Å². The average molecular weight is 807 g/mol. The van der Waals surface area contributed by atoms with Gasteiger partial charge in [-0.2, -0.15) is 0 Å². The van der Waals surface area contributed by atoms with Crippen molar-refractivity contribution < 1.29 is 43.0 Å². The third-order valence-electron chi connectivity index (χ3n) is 8.91. The Bertz CT molecular complexity index is 1960. The Kier molecular flexibility index (Phi) is 15.9. The van der Waals surface area contributed by atoms with Crippen LogP contribution in [0.5, 0.6) is 0 Å². The van der Waals surface area contributed by atoms with Crippen molar-refractivity contribution in [2.75, 3.05) is 0 Å². The molecule has 0 saturated carbocycles. The average Bonchev–Trinajstić information content (AvgIpc) is 3.20. The summed E-state index contributed by atoms with van der Waals surface area (Å²) in [4.78, 5) is 92.2. The van der Waals surface area contributed by atoms with E-state index in [9.17, 15) is 33.6 Å². The number of carbonyl (C=O) groups is 7. The van der Waals surface area contributed by atoms with Gasteiger partial charge in [-0.05, 0) is 49.4 Å². The van der Waals surface area contributed by atoms with Gasteiger partial charge in [-0.3, -0.25) is 28.8 Å². The lowest BCUT2D eigenvalue weighted by atomic mass is 9.77. The minimum Gasteiger partial charge on any atom is -0.460 e. The maximum atomic E-state index is 14.4. The first kappa shape index (κ1) is 44.7. The highest BCUT2D eigenvalue weighted by Crippen LogP contribution is 2.37. The smallest absolute Gasteiger partial charge is 0.408 e. The molecule has 0 spiro atoms. The molecule has 0 saturated heterocycles. The molecule has 59 heavy (non-hydrogen) atoms. The Morgan fingerprint density at radius 2 is 1.05 bits per heavy atom. The van der Waals surface area contributed by atoms with E-state index in [-0.39, 0.29) is 19.4 Å². The first-order valence-corrected chi connectivity index (χ1v) is 18.9. The highest BCUT2D eigenvalue weighted by molar-refractivity contribution is 5.97. The van der Waals surface area contributed by atoms with E-state index in [4.69, 9.17) is 20.9 Å². The minimum absolute atomic E-state index is 0.140. The van der Waals surface area contributed by atoms with Crippen LogP contribution in [0.4, 0.5) is 4.79 Å². The summed E-state index contributed by atoms with van der Waals surface area (Å²) in [6, 6.07) is 31.4. The number of ether oxygens (including phenoxy) is 2. The number of benzene rings is 4. The molecule has 0 fully saturated rings. The molecule has 4 rings (SSSR count). The molecule has 8 N–H and O–H groups in total. The minimum atomic E-state index is -1.73. The van der Waals surface area contributed by atoms with Crippen molar-refractivity contribution in [3.8, 4) is 0 Å².